The van der Waals surface area contributed by atoms with Crippen molar-refractivity contribution >= 4 is 23.7 Å². The molecule has 2 aromatic carbocycles. The zero-order chi connectivity index (χ0) is 31.5. The molecule has 0 spiro atoms. The maximum Gasteiger partial charge on any atom is 0.410 e. The van der Waals surface area contributed by atoms with Crippen molar-refractivity contribution in [1.82, 2.24) is 4.90 Å². The molecule has 12 heteroatoms. The second kappa shape index (κ2) is 12.4. The van der Waals surface area contributed by atoms with Crippen molar-refractivity contribution < 1.29 is 37.7 Å². The molecule has 2 aliphatic heterocycles. The largest absolute Gasteiger partial charge is 0.486 e. The zero-order valence-corrected chi connectivity index (χ0v) is 24.5. The van der Waals surface area contributed by atoms with Crippen LogP contribution in [0.5, 0.6) is 5.75 Å². The Bertz CT molecular complexity index is 1520. The quantitative estimate of drug-likeness (QED) is 0.384. The highest BCUT2D eigenvalue weighted by Crippen LogP contribution is 2.45. The van der Waals surface area contributed by atoms with Crippen LogP contribution in [0, 0.1) is 17.1 Å². The molecule has 0 aliphatic carbocycles. The number of hydrogen-bond acceptors (Lipinski definition) is 10. The number of ether oxygens (including phenoxy) is 4. The number of likely N-dealkylation sites (tertiary alicyclic amines) is 1. The molecule has 1 fully saturated rings. The number of amides is 1. The minimum Gasteiger partial charge on any atom is -0.486 e. The first-order valence-corrected chi connectivity index (χ1v) is 13.5. The van der Waals surface area contributed by atoms with E-state index in [9.17, 15) is 24.0 Å². The van der Waals surface area contributed by atoms with Crippen LogP contribution in [0.2, 0.25) is 0 Å². The number of carbonyl (C=O) groups is 3. The zero-order valence-electron chi connectivity index (χ0n) is 24.5. The first kappa shape index (κ1) is 30.9. The molecule has 11 nitrogen and oxygen atoms in total. The fraction of sp³-hybridized carbons (Fsp3) is 0.355. The van der Waals surface area contributed by atoms with E-state index in [2.05, 4.69) is 6.07 Å². The summed E-state index contributed by atoms with van der Waals surface area (Å²) in [7, 11) is 2.25. The molecule has 0 aromatic heterocycles. The fourth-order valence-corrected chi connectivity index (χ4v) is 5.02. The summed E-state index contributed by atoms with van der Waals surface area (Å²) in [5, 5.41) is 10.3. The van der Waals surface area contributed by atoms with Crippen molar-refractivity contribution in [3.63, 3.8) is 0 Å². The van der Waals surface area contributed by atoms with E-state index >= 15 is 0 Å². The molecule has 2 unspecified atom stereocenters. The lowest BCUT2D eigenvalue weighted by atomic mass is 9.81. The highest BCUT2D eigenvalue weighted by atomic mass is 19.1. The predicted octanol–water partition coefficient (Wildman–Crippen LogP) is 4.11. The van der Waals surface area contributed by atoms with Gasteiger partial charge in [0.15, 0.2) is 0 Å². The Kier molecular flexibility index (Phi) is 8.94. The molecule has 2 N–H and O–H groups in total. The standard InChI is InChI=1S/C31H33FN4O7/c1-31(2,3)43-30(39)35-14-13-20(17-35)42-23-12-11-19(32)15-22(23)36-26(29(38)41-5)25(28(37)40-4)24(21(16-33)27(36)34)18-9-7-6-8-10-18/h6-12,15,20,24H,13-14,17,34H2,1-5H3. The molecule has 43 heavy (non-hydrogen) atoms. The molecule has 4 rings (SSSR count). The van der Waals surface area contributed by atoms with Gasteiger partial charge in [0.2, 0.25) is 0 Å². The lowest BCUT2D eigenvalue weighted by Gasteiger charge is -2.36. The summed E-state index contributed by atoms with van der Waals surface area (Å²) in [4.78, 5) is 41.9. The number of nitrogens with zero attached hydrogens (tertiary/aromatic N) is 3. The molecule has 2 aromatic rings. The number of methoxy groups -OCH3 is 2. The van der Waals surface area contributed by atoms with Gasteiger partial charge in [0, 0.05) is 19.0 Å². The molecule has 226 valence electrons. The van der Waals surface area contributed by atoms with Crippen LogP contribution < -0.4 is 15.4 Å². The van der Waals surface area contributed by atoms with Crippen LogP contribution in [0.15, 0.2) is 71.2 Å². The summed E-state index contributed by atoms with van der Waals surface area (Å²) in [5.74, 6) is -3.83. The first-order chi connectivity index (χ1) is 20.4. The Hall–Kier alpha value is -5.05. The number of anilines is 1. The molecule has 2 aliphatic rings. The summed E-state index contributed by atoms with van der Waals surface area (Å²) in [6.45, 7) is 5.85. The fourth-order valence-electron chi connectivity index (χ4n) is 5.02. The topological polar surface area (TPSA) is 144 Å². The van der Waals surface area contributed by atoms with Gasteiger partial charge in [-0.3, -0.25) is 4.90 Å². The predicted molar refractivity (Wildman–Crippen MR) is 153 cm³/mol. The maximum absolute atomic E-state index is 14.8. The number of esters is 2. The van der Waals surface area contributed by atoms with Gasteiger partial charge in [-0.05, 0) is 38.5 Å². The van der Waals surface area contributed by atoms with E-state index in [1.54, 1.807) is 51.1 Å². The maximum atomic E-state index is 14.8. The number of rotatable bonds is 6. The Labute approximate surface area is 248 Å². The number of allylic oxidation sites excluding steroid dienone is 1. The van der Waals surface area contributed by atoms with Crippen molar-refractivity contribution in [2.45, 2.75) is 44.8 Å². The highest BCUT2D eigenvalue weighted by Gasteiger charge is 2.44. The molecule has 1 amide bonds. The van der Waals surface area contributed by atoms with Crippen molar-refractivity contribution in [2.75, 3.05) is 32.2 Å². The molecular weight excluding hydrogens is 559 g/mol. The lowest BCUT2D eigenvalue weighted by Crippen LogP contribution is -2.41. The highest BCUT2D eigenvalue weighted by molar-refractivity contribution is 6.06. The van der Waals surface area contributed by atoms with E-state index in [1.165, 1.54) is 11.0 Å². The minimum atomic E-state index is -1.08. The van der Waals surface area contributed by atoms with E-state index in [0.717, 1.165) is 31.3 Å². The van der Waals surface area contributed by atoms with Gasteiger partial charge < -0.3 is 29.6 Å². The van der Waals surface area contributed by atoms with Crippen molar-refractivity contribution in [2.24, 2.45) is 5.73 Å². The average Bonchev–Trinajstić information content (AvgIpc) is 3.45. The molecule has 0 radical (unpaired) electrons. The number of carbonyl (C=O) groups excluding carboxylic acids is 3. The smallest absolute Gasteiger partial charge is 0.410 e. The number of benzene rings is 2. The summed E-state index contributed by atoms with van der Waals surface area (Å²) in [5.41, 5.74) is 5.66. The van der Waals surface area contributed by atoms with Crippen LogP contribution in [0.25, 0.3) is 0 Å². The van der Waals surface area contributed by atoms with Gasteiger partial charge in [0.1, 0.15) is 34.8 Å². The SMILES string of the molecule is COC(=O)C1=C(C(=O)OC)N(c2cc(F)ccc2OC2CCN(C(=O)OC(C)(C)C)C2)C(N)=C(C#N)C1c1ccccc1. The Morgan fingerprint density at radius 2 is 1.72 bits per heavy atom. The van der Waals surface area contributed by atoms with E-state index in [-0.39, 0.29) is 40.6 Å². The van der Waals surface area contributed by atoms with Crippen LogP contribution in [-0.4, -0.2) is 61.9 Å². The first-order valence-electron chi connectivity index (χ1n) is 13.5. The van der Waals surface area contributed by atoms with Crippen molar-refractivity contribution in [3.8, 4) is 11.8 Å². The van der Waals surface area contributed by atoms with Crippen LogP contribution >= 0.6 is 0 Å². The van der Waals surface area contributed by atoms with Gasteiger partial charge in [-0.15, -0.1) is 0 Å². The van der Waals surface area contributed by atoms with Gasteiger partial charge in [0.05, 0.1) is 49.6 Å². The monoisotopic (exact) mass is 592 g/mol. The molecule has 0 bridgehead atoms. The Balaban J connectivity index is 1.84. The van der Waals surface area contributed by atoms with E-state index in [1.807, 2.05) is 0 Å². The summed E-state index contributed by atoms with van der Waals surface area (Å²) >= 11 is 0. The van der Waals surface area contributed by atoms with Crippen LogP contribution in [-0.2, 0) is 23.8 Å². The number of hydrogen-bond donors (Lipinski definition) is 1. The van der Waals surface area contributed by atoms with Crippen LogP contribution in [0.4, 0.5) is 14.9 Å². The third-order valence-corrected chi connectivity index (χ3v) is 6.86. The molecule has 1 saturated heterocycles. The average molecular weight is 593 g/mol. The lowest BCUT2D eigenvalue weighted by molar-refractivity contribution is -0.139. The molecule has 2 atom stereocenters. The van der Waals surface area contributed by atoms with E-state index in [4.69, 9.17) is 24.7 Å². The van der Waals surface area contributed by atoms with Crippen LogP contribution in [0.3, 0.4) is 0 Å². The van der Waals surface area contributed by atoms with Gasteiger partial charge in [-0.1, -0.05) is 30.3 Å². The van der Waals surface area contributed by atoms with Gasteiger partial charge in [0.25, 0.3) is 0 Å². The molecule has 0 saturated carbocycles. The number of nitrogens with two attached hydrogens (primary N) is 1. The van der Waals surface area contributed by atoms with Crippen molar-refractivity contribution in [3.05, 3.63) is 82.6 Å². The second-order valence-electron chi connectivity index (χ2n) is 10.9. The van der Waals surface area contributed by atoms with Crippen LogP contribution in [0.1, 0.15) is 38.7 Å². The van der Waals surface area contributed by atoms with E-state index in [0.29, 0.717) is 18.5 Å². The number of nitriles is 1. The normalized spacial score (nSPS) is 18.7. The van der Waals surface area contributed by atoms with Crippen molar-refractivity contribution in [1.29, 1.82) is 5.26 Å². The summed E-state index contributed by atoms with van der Waals surface area (Å²) in [6, 6.07) is 14.2. The third kappa shape index (κ3) is 6.40. The Morgan fingerprint density at radius 1 is 1.05 bits per heavy atom. The van der Waals surface area contributed by atoms with E-state index < -0.39 is 41.5 Å². The van der Waals surface area contributed by atoms with Gasteiger partial charge in [-0.2, -0.15) is 5.26 Å². The molecule has 2 heterocycles. The Morgan fingerprint density at radius 3 is 2.33 bits per heavy atom. The second-order valence-corrected chi connectivity index (χ2v) is 10.9. The molecular formula is C31H33FN4O7. The summed E-state index contributed by atoms with van der Waals surface area (Å²) < 4.78 is 36.6. The minimum absolute atomic E-state index is 0.0608. The third-order valence-electron chi connectivity index (χ3n) is 6.86. The number of halogens is 1. The summed E-state index contributed by atoms with van der Waals surface area (Å²) in [6.07, 6.45) is -0.580. The van der Waals surface area contributed by atoms with Gasteiger partial charge >= 0.3 is 18.0 Å². The van der Waals surface area contributed by atoms with Gasteiger partial charge in [-0.25, -0.2) is 18.8 Å².